The Kier molecular flexibility index (Phi) is 3.98. The Hall–Kier alpha value is -1.51. The van der Waals surface area contributed by atoms with Gasteiger partial charge in [-0.05, 0) is 5.56 Å². The van der Waals surface area contributed by atoms with Crippen LogP contribution in [0.5, 0.6) is 0 Å². The van der Waals surface area contributed by atoms with Gasteiger partial charge >= 0.3 is 0 Å². The molecule has 0 aliphatic heterocycles. The smallest absolute Gasteiger partial charge is 0.286 e. The fourth-order valence-electron chi connectivity index (χ4n) is 1.34. The largest absolute Gasteiger partial charge is 0.468 e. The highest BCUT2D eigenvalue weighted by atomic mass is 16.5. The van der Waals surface area contributed by atoms with Crippen LogP contribution >= 0.6 is 0 Å². The summed E-state index contributed by atoms with van der Waals surface area (Å²) in [5.74, 6) is 0. The van der Waals surface area contributed by atoms with Crippen molar-refractivity contribution in [2.24, 2.45) is 4.99 Å². The van der Waals surface area contributed by atoms with Crippen molar-refractivity contribution >= 4 is 6.02 Å². The molecule has 3 heteroatoms. The molecule has 0 saturated heterocycles. The van der Waals surface area contributed by atoms with Crippen molar-refractivity contribution in [3.8, 4) is 0 Å². The van der Waals surface area contributed by atoms with E-state index in [9.17, 15) is 0 Å². The van der Waals surface area contributed by atoms with E-state index in [1.165, 1.54) is 5.56 Å². The summed E-state index contributed by atoms with van der Waals surface area (Å²) in [6.07, 6.45) is 0. The number of nitrogens with zero attached hydrogens (tertiary/aromatic N) is 2. The van der Waals surface area contributed by atoms with Crippen LogP contribution < -0.4 is 0 Å². The third-order valence-electron chi connectivity index (χ3n) is 1.96. The van der Waals surface area contributed by atoms with Crippen molar-refractivity contribution in [3.63, 3.8) is 0 Å². The van der Waals surface area contributed by atoms with Gasteiger partial charge in [-0.15, -0.1) is 0 Å². The van der Waals surface area contributed by atoms with E-state index in [1.807, 2.05) is 30.1 Å². The Labute approximate surface area is 85.0 Å². The van der Waals surface area contributed by atoms with E-state index in [4.69, 9.17) is 4.74 Å². The molecule has 0 radical (unpaired) electrons. The average Bonchev–Trinajstić information content (AvgIpc) is 2.21. The molecule has 76 valence electrons. The lowest BCUT2D eigenvalue weighted by molar-refractivity contribution is 0.304. The molecular weight excluding hydrogens is 176 g/mol. The molecule has 3 nitrogen and oxygen atoms in total. The standard InChI is InChI=1S/C11H16N2O/c1-12-11(14-3)13(2)9-10-7-5-4-6-8-10/h4-8H,9H2,1-3H3. The summed E-state index contributed by atoms with van der Waals surface area (Å²) >= 11 is 0. The zero-order valence-electron chi connectivity index (χ0n) is 8.90. The third-order valence-corrected chi connectivity index (χ3v) is 1.96. The van der Waals surface area contributed by atoms with E-state index in [2.05, 4.69) is 17.1 Å². The van der Waals surface area contributed by atoms with Gasteiger partial charge in [-0.2, -0.15) is 0 Å². The van der Waals surface area contributed by atoms with Crippen molar-refractivity contribution in [3.05, 3.63) is 35.9 Å². The maximum atomic E-state index is 5.11. The molecule has 1 rings (SSSR count). The molecule has 0 N–H and O–H groups in total. The van der Waals surface area contributed by atoms with Gasteiger partial charge in [0.25, 0.3) is 6.02 Å². The molecule has 14 heavy (non-hydrogen) atoms. The predicted octanol–water partition coefficient (Wildman–Crippen LogP) is 1.75. The van der Waals surface area contributed by atoms with E-state index in [1.54, 1.807) is 14.2 Å². The lowest BCUT2D eigenvalue weighted by Crippen LogP contribution is -2.27. The summed E-state index contributed by atoms with van der Waals surface area (Å²) in [5.41, 5.74) is 1.24. The van der Waals surface area contributed by atoms with Crippen LogP contribution in [0.2, 0.25) is 0 Å². The summed E-state index contributed by atoms with van der Waals surface area (Å²) in [6.45, 7) is 0.807. The molecule has 1 aromatic carbocycles. The summed E-state index contributed by atoms with van der Waals surface area (Å²) in [7, 11) is 5.31. The number of rotatable bonds is 2. The Bertz CT molecular complexity index is 295. The van der Waals surface area contributed by atoms with Gasteiger partial charge in [0.15, 0.2) is 0 Å². The first-order chi connectivity index (χ1) is 6.77. The van der Waals surface area contributed by atoms with E-state index in [0.29, 0.717) is 6.02 Å². The summed E-state index contributed by atoms with van der Waals surface area (Å²) in [5, 5.41) is 0. The van der Waals surface area contributed by atoms with Crippen LogP contribution in [-0.2, 0) is 11.3 Å². The van der Waals surface area contributed by atoms with Gasteiger partial charge in [0, 0.05) is 20.6 Å². The number of aliphatic imine (C=N–C) groups is 1. The lowest BCUT2D eigenvalue weighted by Gasteiger charge is -2.18. The molecule has 0 aromatic heterocycles. The zero-order valence-corrected chi connectivity index (χ0v) is 8.90. The second-order valence-corrected chi connectivity index (χ2v) is 3.05. The number of benzene rings is 1. The normalized spacial score (nSPS) is 11.2. The molecule has 0 amide bonds. The van der Waals surface area contributed by atoms with E-state index >= 15 is 0 Å². The first-order valence-corrected chi connectivity index (χ1v) is 4.53. The van der Waals surface area contributed by atoms with Crippen LogP contribution in [0.1, 0.15) is 5.56 Å². The van der Waals surface area contributed by atoms with Gasteiger partial charge in [0.1, 0.15) is 0 Å². The second kappa shape index (κ2) is 5.27. The highest BCUT2D eigenvalue weighted by Crippen LogP contribution is 2.03. The van der Waals surface area contributed by atoms with Crippen LogP contribution in [0.4, 0.5) is 0 Å². The van der Waals surface area contributed by atoms with Crippen molar-refractivity contribution < 1.29 is 4.74 Å². The van der Waals surface area contributed by atoms with Crippen LogP contribution in [0.25, 0.3) is 0 Å². The summed E-state index contributed by atoms with van der Waals surface area (Å²) in [6, 6.07) is 10.9. The zero-order chi connectivity index (χ0) is 10.4. The quantitative estimate of drug-likeness (QED) is 0.527. The van der Waals surface area contributed by atoms with Crippen LogP contribution in [0, 0.1) is 0 Å². The molecule has 1 aromatic rings. The van der Waals surface area contributed by atoms with Gasteiger partial charge in [-0.3, -0.25) is 0 Å². The SMILES string of the molecule is CN=C(OC)N(C)Cc1ccccc1. The number of hydrogen-bond acceptors (Lipinski definition) is 2. The molecule has 0 fully saturated rings. The van der Waals surface area contributed by atoms with Crippen LogP contribution in [0.3, 0.4) is 0 Å². The fraction of sp³-hybridized carbons (Fsp3) is 0.364. The predicted molar refractivity (Wildman–Crippen MR) is 58.3 cm³/mol. The maximum absolute atomic E-state index is 5.11. The van der Waals surface area contributed by atoms with Gasteiger partial charge in [-0.1, -0.05) is 30.3 Å². The minimum atomic E-state index is 0.647. The Morgan fingerprint density at radius 2 is 2.00 bits per heavy atom. The van der Waals surface area contributed by atoms with Crippen molar-refractivity contribution in [2.45, 2.75) is 6.54 Å². The van der Waals surface area contributed by atoms with Gasteiger partial charge < -0.3 is 9.64 Å². The van der Waals surface area contributed by atoms with Gasteiger partial charge in [-0.25, -0.2) is 4.99 Å². The van der Waals surface area contributed by atoms with Crippen LogP contribution in [0.15, 0.2) is 35.3 Å². The number of amidine groups is 1. The Morgan fingerprint density at radius 3 is 2.50 bits per heavy atom. The van der Waals surface area contributed by atoms with Crippen molar-refractivity contribution in [1.29, 1.82) is 0 Å². The Balaban J connectivity index is 2.61. The minimum absolute atomic E-state index is 0.647. The highest BCUT2D eigenvalue weighted by Gasteiger charge is 2.04. The van der Waals surface area contributed by atoms with Gasteiger partial charge in [0.2, 0.25) is 0 Å². The van der Waals surface area contributed by atoms with Crippen molar-refractivity contribution in [1.82, 2.24) is 4.90 Å². The number of methoxy groups -OCH3 is 1. The van der Waals surface area contributed by atoms with E-state index in [-0.39, 0.29) is 0 Å². The second-order valence-electron chi connectivity index (χ2n) is 3.05. The molecule has 0 aliphatic rings. The average molecular weight is 192 g/mol. The summed E-state index contributed by atoms with van der Waals surface area (Å²) < 4.78 is 5.11. The molecule has 0 saturated carbocycles. The van der Waals surface area contributed by atoms with E-state index in [0.717, 1.165) is 6.54 Å². The fourth-order valence-corrected chi connectivity index (χ4v) is 1.34. The number of hydrogen-bond donors (Lipinski definition) is 0. The first-order valence-electron chi connectivity index (χ1n) is 4.53. The molecular formula is C11H16N2O. The molecule has 0 spiro atoms. The van der Waals surface area contributed by atoms with Crippen molar-refractivity contribution in [2.75, 3.05) is 21.2 Å². The van der Waals surface area contributed by atoms with Gasteiger partial charge in [0.05, 0.1) is 7.11 Å². The molecule has 0 bridgehead atoms. The molecule has 0 heterocycles. The number of ether oxygens (including phenoxy) is 1. The Morgan fingerprint density at radius 1 is 1.36 bits per heavy atom. The minimum Gasteiger partial charge on any atom is -0.468 e. The monoisotopic (exact) mass is 192 g/mol. The topological polar surface area (TPSA) is 24.8 Å². The first kappa shape index (κ1) is 10.6. The van der Waals surface area contributed by atoms with Crippen LogP contribution in [-0.4, -0.2) is 32.1 Å². The maximum Gasteiger partial charge on any atom is 0.286 e. The lowest BCUT2D eigenvalue weighted by atomic mass is 10.2. The highest BCUT2D eigenvalue weighted by molar-refractivity contribution is 5.73. The van der Waals surface area contributed by atoms with E-state index < -0.39 is 0 Å². The third kappa shape index (κ3) is 2.76. The molecule has 0 unspecified atom stereocenters. The summed E-state index contributed by atoms with van der Waals surface area (Å²) in [4.78, 5) is 5.99. The molecule has 0 aliphatic carbocycles. The molecule has 0 atom stereocenters.